The molecule has 35 heavy (non-hydrogen) atoms. The lowest BCUT2D eigenvalue weighted by Gasteiger charge is -2.31. The maximum Gasteiger partial charge on any atom is 0.247 e. The van der Waals surface area contributed by atoms with E-state index in [2.05, 4.69) is 15.6 Å². The minimum Gasteiger partial charge on any atom is -0.467 e. The molecule has 1 atom stereocenters. The van der Waals surface area contributed by atoms with Gasteiger partial charge in [0, 0.05) is 24.3 Å². The Balaban J connectivity index is 1.53. The smallest absolute Gasteiger partial charge is 0.247 e. The molecule has 2 heterocycles. The number of nitrogens with one attached hydrogen (secondary N) is 2. The molecule has 1 fully saturated rings. The molecular weight excluding hydrogens is 464 g/mol. The summed E-state index contributed by atoms with van der Waals surface area (Å²) in [7, 11) is 0. The van der Waals surface area contributed by atoms with Crippen molar-refractivity contribution in [1.82, 2.24) is 15.2 Å². The van der Waals surface area contributed by atoms with Crippen molar-refractivity contribution in [3.8, 4) is 0 Å². The highest BCUT2D eigenvalue weighted by atomic mass is 32.1. The quantitative estimate of drug-likeness (QED) is 0.429. The van der Waals surface area contributed by atoms with E-state index < -0.39 is 6.04 Å². The average molecular weight is 495 g/mol. The van der Waals surface area contributed by atoms with E-state index in [1.54, 1.807) is 12.1 Å². The van der Waals surface area contributed by atoms with Crippen LogP contribution in [-0.2, 0) is 20.9 Å². The lowest BCUT2D eigenvalue weighted by atomic mass is 10.0. The SMILES string of the molecule is Cc1csc(NC(=O)CCC(=O)N(Cc2ccco2)C(C(=O)NC2CCCC2)c2ccccc2)n1. The third-order valence-electron chi connectivity index (χ3n) is 6.03. The second kappa shape index (κ2) is 11.8. The Morgan fingerprint density at radius 1 is 1.11 bits per heavy atom. The topological polar surface area (TPSA) is 105 Å². The average Bonchev–Trinajstić information content (AvgIpc) is 3.62. The summed E-state index contributed by atoms with van der Waals surface area (Å²) in [4.78, 5) is 45.2. The molecule has 0 bridgehead atoms. The molecule has 0 saturated heterocycles. The zero-order chi connectivity index (χ0) is 24.6. The molecule has 4 rings (SSSR count). The summed E-state index contributed by atoms with van der Waals surface area (Å²) in [6.07, 6.45) is 5.53. The maximum atomic E-state index is 13.5. The lowest BCUT2D eigenvalue weighted by molar-refractivity contribution is -0.142. The Morgan fingerprint density at radius 2 is 1.89 bits per heavy atom. The molecule has 2 N–H and O–H groups in total. The van der Waals surface area contributed by atoms with E-state index in [9.17, 15) is 14.4 Å². The first kappa shape index (κ1) is 24.7. The van der Waals surface area contributed by atoms with Crippen LogP contribution in [-0.4, -0.2) is 33.6 Å². The predicted molar refractivity (Wildman–Crippen MR) is 134 cm³/mol. The van der Waals surface area contributed by atoms with Crippen molar-refractivity contribution in [3.05, 3.63) is 71.1 Å². The molecule has 0 radical (unpaired) electrons. The first-order valence-corrected chi connectivity index (χ1v) is 12.8. The number of anilines is 1. The van der Waals surface area contributed by atoms with Gasteiger partial charge >= 0.3 is 0 Å². The Bertz CT molecular complexity index is 1120. The van der Waals surface area contributed by atoms with Gasteiger partial charge in [-0.3, -0.25) is 14.4 Å². The lowest BCUT2D eigenvalue weighted by Crippen LogP contribution is -2.46. The first-order chi connectivity index (χ1) is 17.0. The summed E-state index contributed by atoms with van der Waals surface area (Å²) >= 11 is 1.34. The van der Waals surface area contributed by atoms with Gasteiger partial charge in [-0.2, -0.15) is 0 Å². The zero-order valence-corrected chi connectivity index (χ0v) is 20.6. The molecular formula is C26H30N4O4S. The normalized spacial score (nSPS) is 14.4. The van der Waals surface area contributed by atoms with Crippen LogP contribution in [0.4, 0.5) is 5.13 Å². The monoisotopic (exact) mass is 494 g/mol. The summed E-state index contributed by atoms with van der Waals surface area (Å²) in [6, 6.07) is 12.1. The third-order valence-corrected chi connectivity index (χ3v) is 6.91. The number of nitrogens with zero attached hydrogens (tertiary/aromatic N) is 2. The number of rotatable bonds is 10. The Hall–Kier alpha value is -3.46. The Morgan fingerprint density at radius 3 is 2.54 bits per heavy atom. The molecule has 0 spiro atoms. The number of aromatic nitrogens is 1. The standard InChI is InChI=1S/C26H30N4O4S/c1-18-17-35-26(27-18)29-22(31)13-14-23(32)30(16-21-12-7-15-34-21)24(19-8-3-2-4-9-19)25(33)28-20-10-5-6-11-20/h2-4,7-9,12,15,17,20,24H,5-6,10-11,13-14,16H2,1H3,(H,28,33)(H,27,29,31). The van der Waals surface area contributed by atoms with Crippen LogP contribution in [0, 0.1) is 6.92 Å². The molecule has 8 nitrogen and oxygen atoms in total. The van der Waals surface area contributed by atoms with Crippen LogP contribution >= 0.6 is 11.3 Å². The zero-order valence-electron chi connectivity index (χ0n) is 19.7. The van der Waals surface area contributed by atoms with Crippen molar-refractivity contribution in [3.63, 3.8) is 0 Å². The Kier molecular flexibility index (Phi) is 8.31. The molecule has 1 aliphatic carbocycles. The molecule has 9 heteroatoms. The highest BCUT2D eigenvalue weighted by Gasteiger charge is 2.33. The van der Waals surface area contributed by atoms with Crippen LogP contribution in [0.5, 0.6) is 0 Å². The largest absolute Gasteiger partial charge is 0.467 e. The van der Waals surface area contributed by atoms with Gasteiger partial charge in [0.05, 0.1) is 18.5 Å². The highest BCUT2D eigenvalue weighted by Crippen LogP contribution is 2.27. The molecule has 3 amide bonds. The minimum absolute atomic E-state index is 0.0160. The van der Waals surface area contributed by atoms with Gasteiger partial charge in [0.15, 0.2) is 5.13 Å². The summed E-state index contributed by atoms with van der Waals surface area (Å²) in [5.74, 6) is -0.249. The minimum atomic E-state index is -0.834. The molecule has 3 aromatic rings. The fraction of sp³-hybridized carbons (Fsp3) is 0.385. The second-order valence-electron chi connectivity index (χ2n) is 8.75. The number of benzene rings is 1. The van der Waals surface area contributed by atoms with Gasteiger partial charge in [0.25, 0.3) is 0 Å². The molecule has 1 aromatic carbocycles. The van der Waals surface area contributed by atoms with E-state index >= 15 is 0 Å². The van der Waals surface area contributed by atoms with Gasteiger partial charge in [-0.15, -0.1) is 11.3 Å². The number of hydrogen-bond acceptors (Lipinski definition) is 6. The highest BCUT2D eigenvalue weighted by molar-refractivity contribution is 7.13. The molecule has 2 aromatic heterocycles. The molecule has 1 saturated carbocycles. The van der Waals surface area contributed by atoms with E-state index in [0.29, 0.717) is 16.5 Å². The van der Waals surface area contributed by atoms with Crippen LogP contribution < -0.4 is 10.6 Å². The van der Waals surface area contributed by atoms with Gasteiger partial charge < -0.3 is 20.0 Å². The fourth-order valence-corrected chi connectivity index (χ4v) is 5.01. The molecule has 1 aliphatic rings. The van der Waals surface area contributed by atoms with Crippen LogP contribution in [0.1, 0.15) is 61.6 Å². The van der Waals surface area contributed by atoms with E-state index in [0.717, 1.165) is 31.4 Å². The van der Waals surface area contributed by atoms with Crippen molar-refractivity contribution in [2.45, 2.75) is 64.1 Å². The predicted octanol–water partition coefficient (Wildman–Crippen LogP) is 4.59. The Labute approximate surface area is 208 Å². The van der Waals surface area contributed by atoms with E-state index in [-0.39, 0.29) is 43.1 Å². The molecule has 0 aliphatic heterocycles. The van der Waals surface area contributed by atoms with Crippen molar-refractivity contribution in [2.24, 2.45) is 0 Å². The molecule has 184 valence electrons. The van der Waals surface area contributed by atoms with Gasteiger partial charge in [0.1, 0.15) is 11.8 Å². The number of carbonyl (C=O) groups is 3. The summed E-state index contributed by atoms with van der Waals surface area (Å²) in [5, 5.41) is 8.23. The van der Waals surface area contributed by atoms with Crippen molar-refractivity contribution in [2.75, 3.05) is 5.32 Å². The third kappa shape index (κ3) is 6.79. The summed E-state index contributed by atoms with van der Waals surface area (Å²) < 4.78 is 5.51. The number of amides is 3. The number of aryl methyl sites for hydroxylation is 1. The van der Waals surface area contributed by atoms with Gasteiger partial charge in [-0.05, 0) is 37.5 Å². The van der Waals surface area contributed by atoms with Crippen molar-refractivity contribution >= 4 is 34.2 Å². The van der Waals surface area contributed by atoms with Gasteiger partial charge in [-0.1, -0.05) is 43.2 Å². The maximum absolute atomic E-state index is 13.5. The summed E-state index contributed by atoms with van der Waals surface area (Å²) in [6.45, 7) is 1.97. The second-order valence-corrected chi connectivity index (χ2v) is 9.60. The molecule has 1 unspecified atom stereocenters. The van der Waals surface area contributed by atoms with E-state index in [1.165, 1.54) is 22.5 Å². The fourth-order valence-electron chi connectivity index (χ4n) is 4.31. The first-order valence-electron chi connectivity index (χ1n) is 11.9. The van der Waals surface area contributed by atoms with Crippen LogP contribution in [0.3, 0.4) is 0 Å². The van der Waals surface area contributed by atoms with Crippen molar-refractivity contribution in [1.29, 1.82) is 0 Å². The number of carbonyl (C=O) groups excluding carboxylic acids is 3. The van der Waals surface area contributed by atoms with E-state index in [1.807, 2.05) is 42.6 Å². The van der Waals surface area contributed by atoms with Gasteiger partial charge in [0.2, 0.25) is 17.7 Å². The number of hydrogen-bond donors (Lipinski definition) is 2. The van der Waals surface area contributed by atoms with E-state index in [4.69, 9.17) is 4.42 Å². The summed E-state index contributed by atoms with van der Waals surface area (Å²) in [5.41, 5.74) is 1.54. The number of thiazole rings is 1. The van der Waals surface area contributed by atoms with Crippen LogP contribution in [0.2, 0.25) is 0 Å². The van der Waals surface area contributed by atoms with Gasteiger partial charge in [-0.25, -0.2) is 4.98 Å². The van der Waals surface area contributed by atoms with Crippen molar-refractivity contribution < 1.29 is 18.8 Å². The number of furan rings is 1. The van der Waals surface area contributed by atoms with Crippen LogP contribution in [0.25, 0.3) is 0 Å². The van der Waals surface area contributed by atoms with Crippen LogP contribution in [0.15, 0.2) is 58.5 Å².